The van der Waals surface area contributed by atoms with Gasteiger partial charge in [-0.25, -0.2) is 0 Å². The van der Waals surface area contributed by atoms with Gasteiger partial charge in [0.2, 0.25) is 0 Å². The predicted molar refractivity (Wildman–Crippen MR) is 101 cm³/mol. The molecule has 1 heterocycles. The van der Waals surface area contributed by atoms with Crippen LogP contribution in [0.5, 0.6) is 0 Å². The number of nitrogens with zero attached hydrogens (tertiary/aromatic N) is 1. The highest BCUT2D eigenvalue weighted by Gasteiger charge is 2.34. The van der Waals surface area contributed by atoms with Gasteiger partial charge in [-0.3, -0.25) is 4.98 Å². The van der Waals surface area contributed by atoms with Crippen LogP contribution >= 0.6 is 0 Å². The van der Waals surface area contributed by atoms with E-state index in [2.05, 4.69) is 85.6 Å². The lowest BCUT2D eigenvalue weighted by Gasteiger charge is -2.18. The summed E-state index contributed by atoms with van der Waals surface area (Å²) in [5.41, 5.74) is 7.90. The van der Waals surface area contributed by atoms with Crippen molar-refractivity contribution in [2.45, 2.75) is 25.7 Å². The van der Waals surface area contributed by atoms with E-state index in [1.165, 1.54) is 27.8 Å². The number of pyridine rings is 1. The van der Waals surface area contributed by atoms with Gasteiger partial charge in [0.25, 0.3) is 0 Å². The van der Waals surface area contributed by atoms with Gasteiger partial charge < -0.3 is 0 Å². The molecule has 1 aliphatic carbocycles. The van der Waals surface area contributed by atoms with Crippen LogP contribution in [0.2, 0.25) is 0 Å². The average molecular weight is 311 g/mol. The Kier molecular flexibility index (Phi) is 3.57. The van der Waals surface area contributed by atoms with Gasteiger partial charge >= 0.3 is 0 Å². The van der Waals surface area contributed by atoms with Crippen molar-refractivity contribution in [3.8, 4) is 0 Å². The minimum atomic E-state index is 0.154. The maximum Gasteiger partial charge on any atom is 0.0710 e. The Morgan fingerprint density at radius 3 is 2.29 bits per heavy atom. The molecular formula is C23H21N. The molecule has 0 atom stereocenters. The highest BCUT2D eigenvalue weighted by atomic mass is 14.7. The summed E-state index contributed by atoms with van der Waals surface area (Å²) in [5.74, 6) is 0. The van der Waals surface area contributed by atoms with Gasteiger partial charge in [0.05, 0.1) is 5.69 Å². The van der Waals surface area contributed by atoms with Crippen molar-refractivity contribution in [2.24, 2.45) is 0 Å². The summed E-state index contributed by atoms with van der Waals surface area (Å²) in [6, 6.07) is 25.6. The van der Waals surface area contributed by atoms with Crippen molar-refractivity contribution in [1.82, 2.24) is 4.98 Å². The molecule has 0 aliphatic heterocycles. The fourth-order valence-corrected chi connectivity index (χ4v) is 3.78. The molecule has 2 aromatic carbocycles. The lowest BCUT2D eigenvalue weighted by Crippen LogP contribution is -2.11. The molecule has 0 amide bonds. The number of hydrogen-bond donors (Lipinski definition) is 0. The smallest absolute Gasteiger partial charge is 0.0710 e. The number of aromatic nitrogens is 1. The highest BCUT2D eigenvalue weighted by molar-refractivity contribution is 6.00. The van der Waals surface area contributed by atoms with E-state index < -0.39 is 0 Å². The molecule has 0 saturated heterocycles. The molecule has 1 heteroatoms. The molecule has 1 aliphatic rings. The third-order valence-corrected chi connectivity index (χ3v) is 4.89. The summed E-state index contributed by atoms with van der Waals surface area (Å²) in [6.07, 6.45) is 2.91. The summed E-state index contributed by atoms with van der Waals surface area (Å²) in [5, 5.41) is 0. The van der Waals surface area contributed by atoms with Gasteiger partial charge in [0.1, 0.15) is 0 Å². The van der Waals surface area contributed by atoms with Gasteiger partial charge in [-0.05, 0) is 46.2 Å². The summed E-state index contributed by atoms with van der Waals surface area (Å²) in [4.78, 5) is 4.66. The van der Waals surface area contributed by atoms with Crippen molar-refractivity contribution in [3.05, 3.63) is 101 Å². The largest absolute Gasteiger partial charge is 0.256 e. The van der Waals surface area contributed by atoms with Crippen molar-refractivity contribution >= 4 is 11.1 Å². The van der Waals surface area contributed by atoms with Gasteiger partial charge in [-0.1, -0.05) is 74.5 Å². The Hall–Kier alpha value is -2.67. The summed E-state index contributed by atoms with van der Waals surface area (Å²) >= 11 is 0. The van der Waals surface area contributed by atoms with Crippen LogP contribution < -0.4 is 0 Å². The second-order valence-corrected chi connectivity index (χ2v) is 7.04. The van der Waals surface area contributed by atoms with E-state index in [-0.39, 0.29) is 5.41 Å². The molecule has 4 rings (SSSR count). The van der Waals surface area contributed by atoms with Crippen LogP contribution in [-0.2, 0) is 5.41 Å². The molecule has 0 N–H and O–H groups in total. The normalized spacial score (nSPS) is 17.4. The molecule has 1 aromatic heterocycles. The Balaban J connectivity index is 2.03. The van der Waals surface area contributed by atoms with E-state index in [0.29, 0.717) is 0 Å². The lowest BCUT2D eigenvalue weighted by molar-refractivity contribution is 0.563. The van der Waals surface area contributed by atoms with E-state index in [9.17, 15) is 0 Å². The summed E-state index contributed by atoms with van der Waals surface area (Å²) < 4.78 is 0. The average Bonchev–Trinajstić information content (AvgIpc) is 2.89. The van der Waals surface area contributed by atoms with E-state index in [1.54, 1.807) is 0 Å². The number of rotatable bonds is 2. The molecule has 118 valence electrons. The van der Waals surface area contributed by atoms with E-state index in [0.717, 1.165) is 12.1 Å². The molecule has 0 fully saturated rings. The van der Waals surface area contributed by atoms with Gasteiger partial charge in [0.15, 0.2) is 0 Å². The van der Waals surface area contributed by atoms with Crippen molar-refractivity contribution in [1.29, 1.82) is 0 Å². The monoisotopic (exact) mass is 311 g/mol. The van der Waals surface area contributed by atoms with Crippen LogP contribution in [0.3, 0.4) is 0 Å². The van der Waals surface area contributed by atoms with Crippen LogP contribution in [-0.4, -0.2) is 4.98 Å². The minimum Gasteiger partial charge on any atom is -0.256 e. The first kappa shape index (κ1) is 14.9. The second-order valence-electron chi connectivity index (χ2n) is 7.04. The topological polar surface area (TPSA) is 12.9 Å². The van der Waals surface area contributed by atoms with Crippen molar-refractivity contribution in [2.75, 3.05) is 0 Å². The lowest BCUT2D eigenvalue weighted by atomic mass is 9.86. The Morgan fingerprint density at radius 1 is 0.833 bits per heavy atom. The molecule has 0 radical (unpaired) electrons. The first-order chi connectivity index (χ1) is 11.7. The molecule has 1 nitrogen and oxygen atoms in total. The van der Waals surface area contributed by atoms with E-state index >= 15 is 0 Å². The number of fused-ring (bicyclic) bond motifs is 1. The molecule has 0 bridgehead atoms. The van der Waals surface area contributed by atoms with Crippen molar-refractivity contribution < 1.29 is 0 Å². The summed E-state index contributed by atoms with van der Waals surface area (Å²) in [6.45, 7) is 4.67. The first-order valence-electron chi connectivity index (χ1n) is 8.47. The first-order valence-corrected chi connectivity index (χ1v) is 8.47. The zero-order valence-electron chi connectivity index (χ0n) is 14.2. The van der Waals surface area contributed by atoms with Gasteiger partial charge in [-0.2, -0.15) is 0 Å². The minimum absolute atomic E-state index is 0.154. The predicted octanol–water partition coefficient (Wildman–Crippen LogP) is 5.72. The van der Waals surface area contributed by atoms with E-state index in [1.807, 2.05) is 12.3 Å². The van der Waals surface area contributed by atoms with Gasteiger partial charge in [-0.15, -0.1) is 0 Å². The maximum atomic E-state index is 4.66. The van der Waals surface area contributed by atoms with Crippen LogP contribution in [0.1, 0.15) is 42.7 Å². The van der Waals surface area contributed by atoms with Crippen LogP contribution in [0, 0.1) is 0 Å². The molecule has 24 heavy (non-hydrogen) atoms. The Labute approximate surface area is 143 Å². The maximum absolute atomic E-state index is 4.66. The third kappa shape index (κ3) is 2.46. The van der Waals surface area contributed by atoms with Crippen LogP contribution in [0.25, 0.3) is 11.1 Å². The molecule has 0 spiro atoms. The fraction of sp³-hybridized carbons (Fsp3) is 0.174. The quantitative estimate of drug-likeness (QED) is 0.589. The second kappa shape index (κ2) is 5.76. The zero-order chi connectivity index (χ0) is 16.6. The fourth-order valence-electron chi connectivity index (χ4n) is 3.78. The van der Waals surface area contributed by atoms with Gasteiger partial charge in [0, 0.05) is 11.8 Å². The Morgan fingerprint density at radius 2 is 1.54 bits per heavy atom. The van der Waals surface area contributed by atoms with Crippen molar-refractivity contribution in [3.63, 3.8) is 0 Å². The molecule has 0 unspecified atom stereocenters. The summed E-state index contributed by atoms with van der Waals surface area (Å²) in [7, 11) is 0. The van der Waals surface area contributed by atoms with Crippen LogP contribution in [0.15, 0.2) is 79.0 Å². The molecular weight excluding hydrogens is 290 g/mol. The van der Waals surface area contributed by atoms with Crippen LogP contribution in [0.4, 0.5) is 0 Å². The number of benzene rings is 2. The molecule has 3 aromatic rings. The number of allylic oxidation sites excluding steroid dienone is 1. The third-order valence-electron chi connectivity index (χ3n) is 4.89. The number of hydrogen-bond acceptors (Lipinski definition) is 1. The SMILES string of the molecule is CC1(C)C/C(=C(/c2ccccc2)c2ccccn2)c2ccccc21. The Bertz CT molecular complexity index is 848. The zero-order valence-corrected chi connectivity index (χ0v) is 14.2. The standard InChI is InChI=1S/C23H21N/c1-23(2)16-19(18-12-6-7-13-20(18)23)22(17-10-4-3-5-11-17)21-14-8-9-15-24-21/h3-15H,16H2,1-2H3/b22-19+. The molecule has 0 saturated carbocycles. The highest BCUT2D eigenvalue weighted by Crippen LogP contribution is 2.49. The van der Waals surface area contributed by atoms with E-state index in [4.69, 9.17) is 0 Å².